The van der Waals surface area contributed by atoms with E-state index >= 15 is 0 Å². The minimum atomic E-state index is -0.634. The maximum absolute atomic E-state index is 12.2. The van der Waals surface area contributed by atoms with E-state index in [1.165, 1.54) is 25.3 Å². The lowest BCUT2D eigenvalue weighted by molar-refractivity contribution is -0.385. The third-order valence-electron chi connectivity index (χ3n) is 3.17. The van der Waals surface area contributed by atoms with E-state index in [0.717, 1.165) is 11.1 Å². The van der Waals surface area contributed by atoms with Crippen LogP contribution in [0.25, 0.3) is 0 Å². The number of ether oxygens (including phenoxy) is 2. The fraction of sp³-hybridized carbons (Fsp3) is 0.188. The molecular formula is C16H15NO5. The number of rotatable bonds is 4. The smallest absolute Gasteiger partial charge is 0.344 e. The molecule has 0 fully saturated rings. The summed E-state index contributed by atoms with van der Waals surface area (Å²) in [6, 6.07) is 9.33. The summed E-state index contributed by atoms with van der Waals surface area (Å²) in [7, 11) is 1.40. The molecule has 114 valence electrons. The predicted molar refractivity (Wildman–Crippen MR) is 80.5 cm³/mol. The number of hydrogen-bond donors (Lipinski definition) is 0. The third kappa shape index (κ3) is 3.22. The summed E-state index contributed by atoms with van der Waals surface area (Å²) in [6.45, 7) is 3.70. The van der Waals surface area contributed by atoms with Gasteiger partial charge in [-0.15, -0.1) is 0 Å². The van der Waals surface area contributed by atoms with Crippen LogP contribution in [0.3, 0.4) is 0 Å². The van der Waals surface area contributed by atoms with Crippen LogP contribution in [0.1, 0.15) is 21.5 Å². The van der Waals surface area contributed by atoms with Crippen molar-refractivity contribution in [3.63, 3.8) is 0 Å². The molecule has 2 rings (SSSR count). The Kier molecular flexibility index (Phi) is 4.41. The van der Waals surface area contributed by atoms with E-state index in [1.54, 1.807) is 19.1 Å². The molecule has 2 aromatic carbocycles. The van der Waals surface area contributed by atoms with E-state index in [0.29, 0.717) is 11.3 Å². The van der Waals surface area contributed by atoms with E-state index in [9.17, 15) is 14.9 Å². The van der Waals surface area contributed by atoms with Gasteiger partial charge in [-0.3, -0.25) is 10.1 Å². The van der Waals surface area contributed by atoms with Crippen molar-refractivity contribution < 1.29 is 19.2 Å². The van der Waals surface area contributed by atoms with Gasteiger partial charge in [0.2, 0.25) is 5.75 Å². The van der Waals surface area contributed by atoms with Crippen molar-refractivity contribution in [2.24, 2.45) is 0 Å². The number of aryl methyl sites for hydroxylation is 2. The van der Waals surface area contributed by atoms with Gasteiger partial charge in [0, 0.05) is 0 Å². The number of benzene rings is 2. The molecule has 0 radical (unpaired) electrons. The van der Waals surface area contributed by atoms with Gasteiger partial charge in [0.25, 0.3) is 0 Å². The van der Waals surface area contributed by atoms with E-state index in [1.807, 2.05) is 13.0 Å². The zero-order chi connectivity index (χ0) is 16.3. The summed E-state index contributed by atoms with van der Waals surface area (Å²) in [5, 5.41) is 11.1. The number of nitro groups is 1. The number of hydrogen-bond acceptors (Lipinski definition) is 5. The van der Waals surface area contributed by atoms with E-state index in [4.69, 9.17) is 9.47 Å². The standard InChI is InChI=1S/C16H15NO5/c1-10-4-6-13(11(2)8-10)16(18)22-15-7-5-12(21-3)9-14(15)17(19)20/h4-9H,1-3H3. The first-order valence-electron chi connectivity index (χ1n) is 6.54. The summed E-state index contributed by atoms with van der Waals surface area (Å²) in [6.07, 6.45) is 0. The lowest BCUT2D eigenvalue weighted by atomic mass is 10.1. The highest BCUT2D eigenvalue weighted by Crippen LogP contribution is 2.31. The van der Waals surface area contributed by atoms with Crippen molar-refractivity contribution in [1.82, 2.24) is 0 Å². The van der Waals surface area contributed by atoms with Gasteiger partial charge in [-0.2, -0.15) is 0 Å². The van der Waals surface area contributed by atoms with Crippen molar-refractivity contribution in [2.75, 3.05) is 7.11 Å². The molecule has 0 spiro atoms. The minimum absolute atomic E-state index is 0.115. The lowest BCUT2D eigenvalue weighted by Crippen LogP contribution is -2.11. The normalized spacial score (nSPS) is 10.1. The molecule has 0 saturated heterocycles. The highest BCUT2D eigenvalue weighted by atomic mass is 16.6. The number of carbonyl (C=O) groups excluding carboxylic acids is 1. The van der Waals surface area contributed by atoms with Crippen LogP contribution in [0.5, 0.6) is 11.5 Å². The van der Waals surface area contributed by atoms with Crippen LogP contribution in [0.2, 0.25) is 0 Å². The Morgan fingerprint density at radius 2 is 1.86 bits per heavy atom. The number of nitro benzene ring substituents is 1. The number of methoxy groups -OCH3 is 1. The van der Waals surface area contributed by atoms with Gasteiger partial charge in [-0.25, -0.2) is 4.79 Å². The SMILES string of the molecule is COc1ccc(OC(=O)c2ccc(C)cc2C)c([N+](=O)[O-])c1. The molecule has 0 aliphatic heterocycles. The van der Waals surface area contributed by atoms with Crippen molar-refractivity contribution in [1.29, 1.82) is 0 Å². The zero-order valence-corrected chi connectivity index (χ0v) is 12.5. The van der Waals surface area contributed by atoms with Crippen LogP contribution in [0.4, 0.5) is 5.69 Å². The fourth-order valence-corrected chi connectivity index (χ4v) is 2.05. The summed E-state index contributed by atoms with van der Waals surface area (Å²) in [4.78, 5) is 22.7. The quantitative estimate of drug-likeness (QED) is 0.374. The predicted octanol–water partition coefficient (Wildman–Crippen LogP) is 3.44. The van der Waals surface area contributed by atoms with Crippen LogP contribution in [0, 0.1) is 24.0 Å². The summed E-state index contributed by atoms with van der Waals surface area (Å²) < 4.78 is 10.1. The third-order valence-corrected chi connectivity index (χ3v) is 3.17. The van der Waals surface area contributed by atoms with Gasteiger partial charge < -0.3 is 9.47 Å². The number of nitrogens with zero attached hydrogens (tertiary/aromatic N) is 1. The van der Waals surface area contributed by atoms with E-state index in [-0.39, 0.29) is 11.4 Å². The van der Waals surface area contributed by atoms with Gasteiger partial charge in [0.1, 0.15) is 5.75 Å². The van der Waals surface area contributed by atoms with Gasteiger partial charge in [0.15, 0.2) is 0 Å². The van der Waals surface area contributed by atoms with Crippen LogP contribution in [-0.4, -0.2) is 18.0 Å². The fourth-order valence-electron chi connectivity index (χ4n) is 2.05. The first kappa shape index (κ1) is 15.5. The second kappa shape index (κ2) is 6.26. The van der Waals surface area contributed by atoms with Crippen molar-refractivity contribution in [2.45, 2.75) is 13.8 Å². The molecule has 0 bridgehead atoms. The Morgan fingerprint density at radius 1 is 1.14 bits per heavy atom. The lowest BCUT2D eigenvalue weighted by Gasteiger charge is -2.08. The molecule has 0 atom stereocenters. The number of carbonyl (C=O) groups is 1. The molecule has 22 heavy (non-hydrogen) atoms. The molecule has 0 heterocycles. The van der Waals surface area contributed by atoms with Gasteiger partial charge in [-0.1, -0.05) is 17.7 Å². The van der Waals surface area contributed by atoms with Gasteiger partial charge in [-0.05, 0) is 37.6 Å². The molecule has 6 nitrogen and oxygen atoms in total. The molecule has 0 aromatic heterocycles. The topological polar surface area (TPSA) is 78.7 Å². The Morgan fingerprint density at radius 3 is 2.45 bits per heavy atom. The largest absolute Gasteiger partial charge is 0.496 e. The Bertz CT molecular complexity index is 739. The molecular weight excluding hydrogens is 286 g/mol. The zero-order valence-electron chi connectivity index (χ0n) is 12.5. The molecule has 0 N–H and O–H groups in total. The van der Waals surface area contributed by atoms with E-state index in [2.05, 4.69) is 0 Å². The Balaban J connectivity index is 2.34. The summed E-state index contributed by atoms with van der Waals surface area (Å²) >= 11 is 0. The molecule has 0 amide bonds. The minimum Gasteiger partial charge on any atom is -0.496 e. The highest BCUT2D eigenvalue weighted by Gasteiger charge is 2.21. The monoisotopic (exact) mass is 301 g/mol. The van der Waals surface area contributed by atoms with Crippen molar-refractivity contribution >= 4 is 11.7 Å². The average molecular weight is 301 g/mol. The second-order valence-electron chi connectivity index (χ2n) is 4.80. The van der Waals surface area contributed by atoms with E-state index < -0.39 is 10.9 Å². The van der Waals surface area contributed by atoms with Crippen LogP contribution >= 0.6 is 0 Å². The molecule has 0 saturated carbocycles. The average Bonchev–Trinajstić information content (AvgIpc) is 2.47. The molecule has 0 aliphatic rings. The second-order valence-corrected chi connectivity index (χ2v) is 4.80. The maximum atomic E-state index is 12.2. The summed E-state index contributed by atoms with van der Waals surface area (Å²) in [5.74, 6) is -0.431. The highest BCUT2D eigenvalue weighted by molar-refractivity contribution is 5.93. The first-order valence-corrected chi connectivity index (χ1v) is 6.54. The first-order chi connectivity index (χ1) is 10.4. The Labute approximate surface area is 127 Å². The Hall–Kier alpha value is -2.89. The molecule has 2 aromatic rings. The number of esters is 1. The molecule has 0 aliphatic carbocycles. The molecule has 6 heteroatoms. The van der Waals surface area contributed by atoms with Crippen LogP contribution in [0.15, 0.2) is 36.4 Å². The van der Waals surface area contributed by atoms with Gasteiger partial charge >= 0.3 is 11.7 Å². The van der Waals surface area contributed by atoms with Gasteiger partial charge in [0.05, 0.1) is 23.7 Å². The summed E-state index contributed by atoms with van der Waals surface area (Å²) in [5.41, 5.74) is 1.82. The van der Waals surface area contributed by atoms with Crippen molar-refractivity contribution in [3.8, 4) is 11.5 Å². The van der Waals surface area contributed by atoms with Crippen LogP contribution < -0.4 is 9.47 Å². The van der Waals surface area contributed by atoms with Crippen LogP contribution in [-0.2, 0) is 0 Å². The van der Waals surface area contributed by atoms with Crippen molar-refractivity contribution in [3.05, 3.63) is 63.2 Å². The maximum Gasteiger partial charge on any atom is 0.344 e. The molecule has 0 unspecified atom stereocenters.